The third kappa shape index (κ3) is 6.66. The number of carbonyl (C=O) groups excluding carboxylic acids is 2. The van der Waals surface area contributed by atoms with Crippen LogP contribution in [0.5, 0.6) is 0 Å². The molecule has 0 unspecified atom stereocenters. The average molecular weight is 400 g/mol. The summed E-state index contributed by atoms with van der Waals surface area (Å²) >= 11 is 13.7. The molecular weight excluding hydrogens is 381 g/mol. The molecule has 1 aromatic carbocycles. The Morgan fingerprint density at radius 3 is 2.40 bits per heavy atom. The number of benzene rings is 1. The van der Waals surface area contributed by atoms with Crippen LogP contribution in [0.1, 0.15) is 4.88 Å². The van der Waals surface area contributed by atoms with Gasteiger partial charge in [-0.15, -0.1) is 11.3 Å². The fourth-order valence-electron chi connectivity index (χ4n) is 2.18. The van der Waals surface area contributed by atoms with Crippen molar-refractivity contribution in [2.75, 3.05) is 32.0 Å². The van der Waals surface area contributed by atoms with Gasteiger partial charge in [-0.2, -0.15) is 0 Å². The number of anilines is 1. The zero-order valence-corrected chi connectivity index (χ0v) is 16.0. The molecule has 0 aliphatic heterocycles. The molecule has 134 valence electrons. The van der Waals surface area contributed by atoms with E-state index in [9.17, 15) is 9.59 Å². The quantitative estimate of drug-likeness (QED) is 0.715. The molecule has 2 aromatic rings. The van der Waals surface area contributed by atoms with E-state index in [1.54, 1.807) is 41.5 Å². The van der Waals surface area contributed by atoms with Crippen LogP contribution < -0.4 is 10.6 Å². The molecule has 2 amide bonds. The Bertz CT molecular complexity index is 702. The predicted octanol–water partition coefficient (Wildman–Crippen LogP) is 3.28. The van der Waals surface area contributed by atoms with Crippen molar-refractivity contribution in [2.45, 2.75) is 6.42 Å². The first-order valence-corrected chi connectivity index (χ1v) is 9.30. The van der Waals surface area contributed by atoms with Crippen LogP contribution in [0.25, 0.3) is 0 Å². The summed E-state index contributed by atoms with van der Waals surface area (Å²) in [5.41, 5.74) is 0.379. The molecule has 1 aromatic heterocycles. The SMILES string of the molecule is CN(CC(=O)NCCc1cccs1)CC(=O)Nc1c(Cl)cccc1Cl. The highest BCUT2D eigenvalue weighted by Gasteiger charge is 2.13. The highest BCUT2D eigenvalue weighted by molar-refractivity contribution is 7.09. The molecule has 0 bridgehead atoms. The summed E-state index contributed by atoms with van der Waals surface area (Å²) in [4.78, 5) is 26.8. The normalized spacial score (nSPS) is 10.7. The molecule has 0 saturated heterocycles. The predicted molar refractivity (Wildman–Crippen MR) is 104 cm³/mol. The molecule has 0 saturated carbocycles. The lowest BCUT2D eigenvalue weighted by Gasteiger charge is -2.16. The first-order chi connectivity index (χ1) is 12.0. The molecule has 8 heteroatoms. The summed E-state index contributed by atoms with van der Waals surface area (Å²) in [5, 5.41) is 8.26. The average Bonchev–Trinajstić information content (AvgIpc) is 3.04. The Morgan fingerprint density at radius 1 is 1.08 bits per heavy atom. The number of hydrogen-bond acceptors (Lipinski definition) is 4. The van der Waals surface area contributed by atoms with Crippen molar-refractivity contribution in [2.24, 2.45) is 0 Å². The van der Waals surface area contributed by atoms with Gasteiger partial charge >= 0.3 is 0 Å². The molecule has 0 aliphatic carbocycles. The van der Waals surface area contributed by atoms with Crippen LogP contribution in [-0.2, 0) is 16.0 Å². The zero-order chi connectivity index (χ0) is 18.2. The van der Waals surface area contributed by atoms with Gasteiger partial charge in [-0.25, -0.2) is 0 Å². The topological polar surface area (TPSA) is 61.4 Å². The Kier molecular flexibility index (Phi) is 7.71. The number of para-hydroxylation sites is 1. The van der Waals surface area contributed by atoms with Crippen molar-refractivity contribution < 1.29 is 9.59 Å². The lowest BCUT2D eigenvalue weighted by Crippen LogP contribution is -2.39. The van der Waals surface area contributed by atoms with Gasteiger partial charge in [0.1, 0.15) is 0 Å². The Hall–Kier alpha value is -1.60. The maximum atomic E-state index is 12.1. The summed E-state index contributed by atoms with van der Waals surface area (Å²) in [6, 6.07) is 9.02. The van der Waals surface area contributed by atoms with Gasteiger partial charge in [0, 0.05) is 11.4 Å². The van der Waals surface area contributed by atoms with Gasteiger partial charge in [0.25, 0.3) is 0 Å². The molecule has 0 spiro atoms. The van der Waals surface area contributed by atoms with Crippen LogP contribution >= 0.6 is 34.5 Å². The van der Waals surface area contributed by atoms with Crippen molar-refractivity contribution in [3.63, 3.8) is 0 Å². The monoisotopic (exact) mass is 399 g/mol. The smallest absolute Gasteiger partial charge is 0.238 e. The van der Waals surface area contributed by atoms with Crippen molar-refractivity contribution in [1.29, 1.82) is 0 Å². The molecule has 0 radical (unpaired) electrons. The molecule has 5 nitrogen and oxygen atoms in total. The fraction of sp³-hybridized carbons (Fsp3) is 0.294. The van der Waals surface area contributed by atoms with Crippen molar-refractivity contribution in [1.82, 2.24) is 10.2 Å². The third-order valence-corrected chi connectivity index (χ3v) is 4.89. The number of likely N-dealkylation sites (N-methyl/N-ethyl adjacent to an activating group) is 1. The molecule has 2 rings (SSSR count). The standard InChI is InChI=1S/C17H19Cl2N3O2S/c1-22(10-15(23)20-8-7-12-4-3-9-25-12)11-16(24)21-17-13(18)5-2-6-14(17)19/h2-6,9H,7-8,10-11H2,1H3,(H,20,23)(H,21,24). The molecule has 25 heavy (non-hydrogen) atoms. The second-order valence-corrected chi connectivity index (χ2v) is 7.34. The highest BCUT2D eigenvalue weighted by atomic mass is 35.5. The van der Waals surface area contributed by atoms with Gasteiger partial charge in [0.05, 0.1) is 28.8 Å². The highest BCUT2D eigenvalue weighted by Crippen LogP contribution is 2.29. The summed E-state index contributed by atoms with van der Waals surface area (Å²) in [6.07, 6.45) is 0.804. The Morgan fingerprint density at radius 2 is 1.76 bits per heavy atom. The third-order valence-electron chi connectivity index (χ3n) is 3.33. The van der Waals surface area contributed by atoms with Crippen molar-refractivity contribution in [3.05, 3.63) is 50.6 Å². The number of rotatable bonds is 8. The Labute approximate surface area is 160 Å². The van der Waals surface area contributed by atoms with Crippen LogP contribution in [0, 0.1) is 0 Å². The zero-order valence-electron chi connectivity index (χ0n) is 13.7. The Balaban J connectivity index is 1.72. The minimum Gasteiger partial charge on any atom is -0.355 e. The summed E-state index contributed by atoms with van der Waals surface area (Å²) in [5.74, 6) is -0.411. The van der Waals surface area contributed by atoms with E-state index in [-0.39, 0.29) is 24.9 Å². The molecule has 0 aliphatic rings. The maximum absolute atomic E-state index is 12.1. The van der Waals surface area contributed by atoms with Crippen molar-refractivity contribution in [3.8, 4) is 0 Å². The largest absolute Gasteiger partial charge is 0.355 e. The van der Waals surface area contributed by atoms with E-state index < -0.39 is 0 Å². The lowest BCUT2D eigenvalue weighted by atomic mass is 10.3. The minimum atomic E-state index is -0.288. The second kappa shape index (κ2) is 9.77. The van der Waals surface area contributed by atoms with Gasteiger partial charge in [-0.3, -0.25) is 14.5 Å². The molecule has 1 heterocycles. The first-order valence-electron chi connectivity index (χ1n) is 7.67. The van der Waals surface area contributed by atoms with E-state index in [0.29, 0.717) is 22.3 Å². The lowest BCUT2D eigenvalue weighted by molar-refractivity contribution is -0.122. The van der Waals surface area contributed by atoms with Crippen LogP contribution in [0.3, 0.4) is 0 Å². The van der Waals surface area contributed by atoms with E-state index in [0.717, 1.165) is 6.42 Å². The van der Waals surface area contributed by atoms with E-state index in [4.69, 9.17) is 23.2 Å². The van der Waals surface area contributed by atoms with E-state index in [1.807, 2.05) is 17.5 Å². The number of nitrogens with zero attached hydrogens (tertiary/aromatic N) is 1. The fourth-order valence-corrected chi connectivity index (χ4v) is 3.38. The molecule has 2 N–H and O–H groups in total. The summed E-state index contributed by atoms with van der Waals surface area (Å²) in [7, 11) is 1.70. The van der Waals surface area contributed by atoms with E-state index in [1.165, 1.54) is 4.88 Å². The number of thiophene rings is 1. The number of nitrogens with one attached hydrogen (secondary N) is 2. The second-order valence-electron chi connectivity index (χ2n) is 5.50. The minimum absolute atomic E-state index is 0.0555. The van der Waals surface area contributed by atoms with Crippen LogP contribution in [0.4, 0.5) is 5.69 Å². The maximum Gasteiger partial charge on any atom is 0.238 e. The van der Waals surface area contributed by atoms with E-state index in [2.05, 4.69) is 10.6 Å². The van der Waals surface area contributed by atoms with Gasteiger partial charge < -0.3 is 10.6 Å². The number of carbonyl (C=O) groups is 2. The number of hydrogen-bond donors (Lipinski definition) is 2. The van der Waals surface area contributed by atoms with Gasteiger partial charge in [-0.05, 0) is 37.0 Å². The van der Waals surface area contributed by atoms with Crippen LogP contribution in [0.2, 0.25) is 10.0 Å². The first kappa shape index (κ1) is 19.7. The van der Waals surface area contributed by atoms with Gasteiger partial charge in [0.15, 0.2) is 0 Å². The molecular formula is C17H19Cl2N3O2S. The number of amides is 2. The van der Waals surface area contributed by atoms with Gasteiger partial charge in [-0.1, -0.05) is 35.3 Å². The van der Waals surface area contributed by atoms with Gasteiger partial charge in [0.2, 0.25) is 11.8 Å². The van der Waals surface area contributed by atoms with E-state index >= 15 is 0 Å². The summed E-state index contributed by atoms with van der Waals surface area (Å²) < 4.78 is 0. The number of halogens is 2. The van der Waals surface area contributed by atoms with Crippen LogP contribution in [0.15, 0.2) is 35.7 Å². The molecule has 0 fully saturated rings. The molecule has 0 atom stereocenters. The van der Waals surface area contributed by atoms with Crippen LogP contribution in [-0.4, -0.2) is 43.4 Å². The van der Waals surface area contributed by atoms with Crippen molar-refractivity contribution >= 4 is 52.0 Å². The summed E-state index contributed by atoms with van der Waals surface area (Å²) in [6.45, 7) is 0.766.